The zero-order chi connectivity index (χ0) is 21.9. The van der Waals surface area contributed by atoms with E-state index in [9.17, 15) is 9.90 Å². The summed E-state index contributed by atoms with van der Waals surface area (Å²) in [6.45, 7) is 0.651. The number of fused-ring (bicyclic) bond motifs is 2. The van der Waals surface area contributed by atoms with Gasteiger partial charge in [-0.25, -0.2) is 9.78 Å². The average molecular weight is 446 g/mol. The van der Waals surface area contributed by atoms with Gasteiger partial charge in [0.05, 0.1) is 17.5 Å². The molecule has 2 aromatic carbocycles. The van der Waals surface area contributed by atoms with Crippen molar-refractivity contribution in [2.24, 2.45) is 0 Å². The van der Waals surface area contributed by atoms with Gasteiger partial charge in [0.1, 0.15) is 11.3 Å². The fourth-order valence-corrected chi connectivity index (χ4v) is 4.29. The number of rotatable bonds is 7. The van der Waals surface area contributed by atoms with E-state index in [2.05, 4.69) is 9.97 Å². The Morgan fingerprint density at radius 2 is 2.00 bits per heavy atom. The van der Waals surface area contributed by atoms with E-state index in [1.807, 2.05) is 54.6 Å². The van der Waals surface area contributed by atoms with Crippen molar-refractivity contribution in [3.63, 3.8) is 0 Å². The maximum atomic E-state index is 11.8. The third-order valence-corrected chi connectivity index (χ3v) is 6.01. The minimum atomic E-state index is -0.959. The number of hydrogen-bond donors (Lipinski definition) is 1. The van der Waals surface area contributed by atoms with Crippen LogP contribution in [0, 0.1) is 0 Å². The van der Waals surface area contributed by atoms with E-state index >= 15 is 0 Å². The number of nitrogens with zero attached hydrogens (tertiary/aromatic N) is 3. The SMILES string of the molecule is O=C(O)N(CCc1ccccc1)Cc1coc2cc(Oc3nc4ncccc4s3)ccc12. The Hall–Kier alpha value is -3.91. The van der Waals surface area contributed by atoms with E-state index in [-0.39, 0.29) is 6.54 Å². The molecule has 1 N–H and O–H groups in total. The zero-order valence-electron chi connectivity index (χ0n) is 17.0. The fraction of sp³-hybridized carbons (Fsp3) is 0.125. The first-order valence-electron chi connectivity index (χ1n) is 10.1. The summed E-state index contributed by atoms with van der Waals surface area (Å²) in [6, 6.07) is 19.1. The van der Waals surface area contributed by atoms with Gasteiger partial charge in [0.25, 0.3) is 5.19 Å². The molecule has 32 heavy (non-hydrogen) atoms. The smallest absolute Gasteiger partial charge is 0.407 e. The van der Waals surface area contributed by atoms with E-state index in [0.717, 1.165) is 21.2 Å². The third-order valence-electron chi connectivity index (χ3n) is 5.12. The van der Waals surface area contributed by atoms with Crippen molar-refractivity contribution < 1.29 is 19.1 Å². The van der Waals surface area contributed by atoms with Gasteiger partial charge in [0.2, 0.25) is 0 Å². The van der Waals surface area contributed by atoms with Crippen LogP contribution in [0.4, 0.5) is 4.79 Å². The van der Waals surface area contributed by atoms with Gasteiger partial charge in [0.15, 0.2) is 5.65 Å². The summed E-state index contributed by atoms with van der Waals surface area (Å²) in [4.78, 5) is 21.8. The minimum absolute atomic E-state index is 0.249. The summed E-state index contributed by atoms with van der Waals surface area (Å²) in [5, 5.41) is 11.0. The molecule has 0 spiro atoms. The molecule has 0 aliphatic heterocycles. The van der Waals surface area contributed by atoms with Crippen LogP contribution in [0.15, 0.2) is 77.5 Å². The number of hydrogen-bond acceptors (Lipinski definition) is 6. The van der Waals surface area contributed by atoms with Gasteiger partial charge in [-0.3, -0.25) is 0 Å². The van der Waals surface area contributed by atoms with Gasteiger partial charge < -0.3 is 19.2 Å². The molecular formula is C24H19N3O4S. The van der Waals surface area contributed by atoms with E-state index in [0.29, 0.717) is 35.1 Å². The number of carboxylic acid groups (broad SMARTS) is 1. The number of furan rings is 1. The highest BCUT2D eigenvalue weighted by atomic mass is 32.1. The molecule has 1 amide bonds. The molecule has 0 fully saturated rings. The maximum absolute atomic E-state index is 11.8. The minimum Gasteiger partial charge on any atom is -0.465 e. The van der Waals surface area contributed by atoms with Crippen LogP contribution in [-0.2, 0) is 13.0 Å². The lowest BCUT2D eigenvalue weighted by molar-refractivity contribution is 0.143. The number of thiazole rings is 1. The number of pyridine rings is 1. The summed E-state index contributed by atoms with van der Waals surface area (Å²) >= 11 is 1.42. The average Bonchev–Trinajstić information content (AvgIpc) is 3.40. The predicted octanol–water partition coefficient (Wildman–Crippen LogP) is 5.95. The molecule has 3 aromatic heterocycles. The zero-order valence-corrected chi connectivity index (χ0v) is 17.8. The number of amides is 1. The van der Waals surface area contributed by atoms with Gasteiger partial charge in [-0.15, -0.1) is 0 Å². The van der Waals surface area contributed by atoms with Gasteiger partial charge in [-0.1, -0.05) is 41.7 Å². The molecule has 160 valence electrons. The normalized spacial score (nSPS) is 11.1. The summed E-state index contributed by atoms with van der Waals surface area (Å²) in [5.41, 5.74) is 3.19. The van der Waals surface area contributed by atoms with Crippen LogP contribution in [0.5, 0.6) is 10.9 Å². The Morgan fingerprint density at radius 3 is 2.81 bits per heavy atom. The summed E-state index contributed by atoms with van der Waals surface area (Å²) in [7, 11) is 0. The second-order valence-electron chi connectivity index (χ2n) is 7.27. The highest BCUT2D eigenvalue weighted by Crippen LogP contribution is 2.33. The molecule has 0 unspecified atom stereocenters. The van der Waals surface area contributed by atoms with Crippen molar-refractivity contribution >= 4 is 38.7 Å². The van der Waals surface area contributed by atoms with Gasteiger partial charge in [-0.2, -0.15) is 4.98 Å². The number of carbonyl (C=O) groups is 1. The van der Waals surface area contributed by atoms with Crippen molar-refractivity contribution in [3.05, 3.63) is 84.3 Å². The third kappa shape index (κ3) is 4.26. The Kier molecular flexibility index (Phi) is 5.43. The van der Waals surface area contributed by atoms with Crippen LogP contribution >= 0.6 is 11.3 Å². The summed E-state index contributed by atoms with van der Waals surface area (Å²) in [5.74, 6) is 0.594. The maximum Gasteiger partial charge on any atom is 0.407 e. The van der Waals surface area contributed by atoms with E-state index in [1.54, 1.807) is 18.5 Å². The highest BCUT2D eigenvalue weighted by molar-refractivity contribution is 7.20. The molecule has 8 heteroatoms. The van der Waals surface area contributed by atoms with E-state index < -0.39 is 6.09 Å². The molecule has 0 aliphatic rings. The quantitative estimate of drug-likeness (QED) is 0.333. The lowest BCUT2D eigenvalue weighted by atomic mass is 10.1. The number of aromatic nitrogens is 2. The lowest BCUT2D eigenvalue weighted by Crippen LogP contribution is -2.30. The predicted molar refractivity (Wildman–Crippen MR) is 122 cm³/mol. The molecule has 0 bridgehead atoms. The number of ether oxygens (including phenoxy) is 1. The topological polar surface area (TPSA) is 88.7 Å². The van der Waals surface area contributed by atoms with Crippen molar-refractivity contribution in [1.29, 1.82) is 0 Å². The number of benzene rings is 2. The first kappa shape index (κ1) is 20.0. The molecule has 0 saturated heterocycles. The highest BCUT2D eigenvalue weighted by Gasteiger charge is 2.16. The molecule has 5 rings (SSSR count). The van der Waals surface area contributed by atoms with E-state index in [1.165, 1.54) is 16.2 Å². The standard InChI is InChI=1S/C24H19N3O4S/c28-24(29)27(12-10-16-5-2-1-3-6-16)14-17-15-30-20-13-18(8-9-19(17)20)31-23-26-22-21(32-23)7-4-11-25-22/h1-9,11,13,15H,10,12,14H2,(H,28,29). The molecule has 7 nitrogen and oxygen atoms in total. The van der Waals surface area contributed by atoms with Gasteiger partial charge in [0, 0.05) is 29.8 Å². The molecular weight excluding hydrogens is 426 g/mol. The Morgan fingerprint density at radius 1 is 1.12 bits per heavy atom. The molecule has 0 saturated carbocycles. The van der Waals surface area contributed by atoms with Crippen molar-refractivity contribution in [3.8, 4) is 10.9 Å². The summed E-state index contributed by atoms with van der Waals surface area (Å²) in [6.07, 6.45) is 2.99. The Balaban J connectivity index is 1.31. The van der Waals surface area contributed by atoms with Crippen LogP contribution in [-0.4, -0.2) is 32.6 Å². The largest absolute Gasteiger partial charge is 0.465 e. The lowest BCUT2D eigenvalue weighted by Gasteiger charge is -2.18. The first-order chi connectivity index (χ1) is 15.7. The van der Waals surface area contributed by atoms with Crippen molar-refractivity contribution in [2.45, 2.75) is 13.0 Å². The molecule has 0 aliphatic carbocycles. The molecule has 5 aromatic rings. The summed E-state index contributed by atoms with van der Waals surface area (Å²) < 4.78 is 12.5. The second-order valence-corrected chi connectivity index (χ2v) is 8.26. The van der Waals surface area contributed by atoms with Gasteiger partial charge in [-0.05, 0) is 36.2 Å². The Labute approximate surface area is 187 Å². The van der Waals surface area contributed by atoms with Crippen LogP contribution in [0.2, 0.25) is 0 Å². The van der Waals surface area contributed by atoms with Crippen molar-refractivity contribution in [2.75, 3.05) is 6.54 Å². The van der Waals surface area contributed by atoms with Crippen LogP contribution in [0.25, 0.3) is 21.3 Å². The van der Waals surface area contributed by atoms with Crippen LogP contribution in [0.3, 0.4) is 0 Å². The first-order valence-corrected chi connectivity index (χ1v) is 10.9. The van der Waals surface area contributed by atoms with Crippen molar-refractivity contribution in [1.82, 2.24) is 14.9 Å². The monoisotopic (exact) mass is 445 g/mol. The second kappa shape index (κ2) is 8.68. The fourth-order valence-electron chi connectivity index (χ4n) is 3.50. The van der Waals surface area contributed by atoms with Gasteiger partial charge >= 0.3 is 6.09 Å². The molecule has 0 radical (unpaired) electrons. The molecule has 3 heterocycles. The molecule has 0 atom stereocenters. The Bertz CT molecular complexity index is 1350. The van der Waals surface area contributed by atoms with Crippen LogP contribution in [0.1, 0.15) is 11.1 Å². The van der Waals surface area contributed by atoms with E-state index in [4.69, 9.17) is 9.15 Å². The van der Waals surface area contributed by atoms with Crippen LogP contribution < -0.4 is 4.74 Å².